The van der Waals surface area contributed by atoms with Gasteiger partial charge in [0.25, 0.3) is 0 Å². The predicted octanol–water partition coefficient (Wildman–Crippen LogP) is 16.4. The second-order valence-electron chi connectivity index (χ2n) is 19.1. The molecule has 0 N–H and O–H groups in total. The maximum absolute atomic E-state index is 2.48. The van der Waals surface area contributed by atoms with Gasteiger partial charge in [-0.25, -0.2) is 0 Å². The lowest BCUT2D eigenvalue weighted by molar-refractivity contribution is 0.590. The number of rotatable bonds is 6. The molecule has 0 amide bonds. The van der Waals surface area contributed by atoms with E-state index < -0.39 is 0 Å². The quantitative estimate of drug-likeness (QED) is 0.163. The first-order chi connectivity index (χ1) is 28.8. The maximum Gasteiger partial charge on any atom is 0.0474 e. The Morgan fingerprint density at radius 3 is 1.23 bits per heavy atom. The molecule has 2 aliphatic rings. The summed E-state index contributed by atoms with van der Waals surface area (Å²) in [5, 5.41) is 0. The minimum Gasteiger partial charge on any atom is -0.310 e. The van der Waals surface area contributed by atoms with E-state index in [9.17, 15) is 0 Å². The average Bonchev–Trinajstić information content (AvgIpc) is 3.63. The third kappa shape index (κ3) is 6.05. The van der Waals surface area contributed by atoms with Crippen LogP contribution in [0.1, 0.15) is 81.8 Å². The lowest BCUT2D eigenvalue weighted by Crippen LogP contribution is -2.15. The monoisotopic (exact) mass is 775 g/mol. The lowest BCUT2D eigenvalue weighted by Gasteiger charge is -2.29. The molecule has 0 fully saturated rings. The molecule has 0 saturated heterocycles. The maximum atomic E-state index is 2.48. The number of anilines is 3. The molecule has 8 aromatic carbocycles. The van der Waals surface area contributed by atoms with Crippen LogP contribution in [0.5, 0.6) is 0 Å². The SMILES string of the molecule is Cc1c(-c2ccc3c(c2)C(C)(C)c2ccccc2-3)cc(N(c2ccc(-c3ccccc3)cc2)c2ccc(C(C)(C)C)cc2)cc1-c1ccc2c(c1)C(C)(C)c1ccccc1-2. The van der Waals surface area contributed by atoms with Crippen LogP contribution < -0.4 is 4.90 Å². The van der Waals surface area contributed by atoms with Crippen molar-refractivity contribution in [2.75, 3.05) is 4.90 Å². The highest BCUT2D eigenvalue weighted by molar-refractivity contribution is 5.92. The van der Waals surface area contributed by atoms with Gasteiger partial charge in [0.15, 0.2) is 0 Å². The van der Waals surface area contributed by atoms with Gasteiger partial charge in [0.05, 0.1) is 0 Å². The second-order valence-corrected chi connectivity index (χ2v) is 19.1. The first-order valence-corrected chi connectivity index (χ1v) is 21.5. The molecule has 1 heteroatoms. The van der Waals surface area contributed by atoms with Gasteiger partial charge in [0.2, 0.25) is 0 Å². The molecule has 0 saturated carbocycles. The zero-order valence-electron chi connectivity index (χ0n) is 36.2. The number of nitrogens with zero attached hydrogens (tertiary/aromatic N) is 1. The molecule has 8 aromatic rings. The van der Waals surface area contributed by atoms with Gasteiger partial charge < -0.3 is 4.90 Å². The average molecular weight is 776 g/mol. The summed E-state index contributed by atoms with van der Waals surface area (Å²) in [5.41, 5.74) is 24.2. The molecule has 0 spiro atoms. The van der Waals surface area contributed by atoms with Crippen LogP contribution in [0.25, 0.3) is 55.6 Å². The molecule has 2 aliphatic carbocycles. The summed E-state index contributed by atoms with van der Waals surface area (Å²) >= 11 is 0. The van der Waals surface area contributed by atoms with Crippen LogP contribution in [0.4, 0.5) is 17.1 Å². The third-order valence-electron chi connectivity index (χ3n) is 13.7. The summed E-state index contributed by atoms with van der Waals surface area (Å²) in [5.74, 6) is 0. The molecule has 0 bridgehead atoms. The Hall–Kier alpha value is -6.44. The number of fused-ring (bicyclic) bond motifs is 6. The van der Waals surface area contributed by atoms with E-state index in [0.717, 1.165) is 17.1 Å². The van der Waals surface area contributed by atoms with E-state index in [2.05, 4.69) is 236 Å². The van der Waals surface area contributed by atoms with E-state index in [4.69, 9.17) is 0 Å². The fraction of sp³-hybridized carbons (Fsp3) is 0.186. The molecule has 0 atom stereocenters. The third-order valence-corrected chi connectivity index (χ3v) is 13.7. The van der Waals surface area contributed by atoms with Crippen molar-refractivity contribution < 1.29 is 0 Å². The molecular weight excluding hydrogens is 723 g/mol. The summed E-state index contributed by atoms with van der Waals surface area (Å²) in [6.07, 6.45) is 0. The van der Waals surface area contributed by atoms with Crippen LogP contribution in [0.15, 0.2) is 176 Å². The highest BCUT2D eigenvalue weighted by Gasteiger charge is 2.37. The van der Waals surface area contributed by atoms with Crippen LogP contribution in [0, 0.1) is 6.92 Å². The zero-order chi connectivity index (χ0) is 41.6. The van der Waals surface area contributed by atoms with E-state index >= 15 is 0 Å². The van der Waals surface area contributed by atoms with Crippen molar-refractivity contribution in [3.8, 4) is 55.6 Å². The smallest absolute Gasteiger partial charge is 0.0474 e. The van der Waals surface area contributed by atoms with Gasteiger partial charge in [-0.05, 0) is 150 Å². The van der Waals surface area contributed by atoms with Gasteiger partial charge >= 0.3 is 0 Å². The van der Waals surface area contributed by atoms with Crippen LogP contribution >= 0.6 is 0 Å². The second kappa shape index (κ2) is 13.8. The molecule has 1 nitrogen and oxygen atoms in total. The summed E-state index contributed by atoms with van der Waals surface area (Å²) in [4.78, 5) is 2.45. The predicted molar refractivity (Wildman–Crippen MR) is 256 cm³/mol. The van der Waals surface area contributed by atoms with Gasteiger partial charge in [-0.15, -0.1) is 0 Å². The molecule has 10 rings (SSSR count). The minimum atomic E-state index is -0.0990. The highest BCUT2D eigenvalue weighted by atomic mass is 15.1. The fourth-order valence-electron chi connectivity index (χ4n) is 10.2. The van der Waals surface area contributed by atoms with Crippen molar-refractivity contribution in [2.45, 2.75) is 71.6 Å². The normalized spacial score (nSPS) is 14.3. The first kappa shape index (κ1) is 37.8. The van der Waals surface area contributed by atoms with Crippen molar-refractivity contribution in [2.24, 2.45) is 0 Å². The van der Waals surface area contributed by atoms with Gasteiger partial charge in [0.1, 0.15) is 0 Å². The molecule has 294 valence electrons. The molecule has 60 heavy (non-hydrogen) atoms. The standard InChI is InChI=1S/C59H53N/c1-38-51(41-24-32-49-47-18-12-14-20-53(47)58(5,6)55(49)34-41)36-46(37-52(38)42-25-33-50-48-19-13-15-21-54(48)59(7,8)56(50)35-42)60(45-30-26-43(27-31-45)57(2,3)4)44-28-22-40(23-29-44)39-16-10-9-11-17-39/h9-37H,1-8H3. The molecule has 0 heterocycles. The Kier molecular flexibility index (Phi) is 8.71. The Morgan fingerprint density at radius 2 is 0.750 bits per heavy atom. The van der Waals surface area contributed by atoms with Gasteiger partial charge in [0, 0.05) is 27.9 Å². The fourth-order valence-corrected chi connectivity index (χ4v) is 10.2. The minimum absolute atomic E-state index is 0.0485. The molecule has 0 aliphatic heterocycles. The lowest BCUT2D eigenvalue weighted by atomic mass is 9.80. The molecule has 0 unspecified atom stereocenters. The van der Waals surface area contributed by atoms with Crippen LogP contribution in [-0.4, -0.2) is 0 Å². The molecule has 0 aromatic heterocycles. The number of benzene rings is 8. The topological polar surface area (TPSA) is 3.24 Å². The van der Waals surface area contributed by atoms with Crippen molar-refractivity contribution in [3.05, 3.63) is 209 Å². The Bertz CT molecular complexity index is 2810. The summed E-state index contributed by atoms with van der Waals surface area (Å²) in [7, 11) is 0. The zero-order valence-corrected chi connectivity index (χ0v) is 36.2. The summed E-state index contributed by atoms with van der Waals surface area (Å²) in [6, 6.07) is 66.1. The summed E-state index contributed by atoms with van der Waals surface area (Å²) in [6.45, 7) is 18.7. The number of hydrogen-bond acceptors (Lipinski definition) is 1. The van der Waals surface area contributed by atoms with Crippen molar-refractivity contribution in [1.29, 1.82) is 0 Å². The highest BCUT2D eigenvalue weighted by Crippen LogP contribution is 2.52. The van der Waals surface area contributed by atoms with Crippen molar-refractivity contribution in [3.63, 3.8) is 0 Å². The Labute approximate surface area is 357 Å². The number of hydrogen-bond donors (Lipinski definition) is 0. The Balaban J connectivity index is 1.20. The van der Waals surface area contributed by atoms with E-state index in [1.807, 2.05) is 0 Å². The molecular formula is C59H53N. The Morgan fingerprint density at radius 1 is 0.350 bits per heavy atom. The van der Waals surface area contributed by atoms with Crippen LogP contribution in [-0.2, 0) is 16.2 Å². The van der Waals surface area contributed by atoms with E-state index in [-0.39, 0.29) is 16.2 Å². The summed E-state index contributed by atoms with van der Waals surface area (Å²) < 4.78 is 0. The van der Waals surface area contributed by atoms with E-state index in [1.165, 1.54) is 89.0 Å². The van der Waals surface area contributed by atoms with Gasteiger partial charge in [-0.2, -0.15) is 0 Å². The van der Waals surface area contributed by atoms with Crippen molar-refractivity contribution in [1.82, 2.24) is 0 Å². The van der Waals surface area contributed by atoms with Crippen LogP contribution in [0.3, 0.4) is 0 Å². The van der Waals surface area contributed by atoms with Gasteiger partial charge in [-0.1, -0.05) is 176 Å². The van der Waals surface area contributed by atoms with E-state index in [1.54, 1.807) is 0 Å². The van der Waals surface area contributed by atoms with E-state index in [0.29, 0.717) is 0 Å². The first-order valence-electron chi connectivity index (χ1n) is 21.5. The van der Waals surface area contributed by atoms with Gasteiger partial charge in [-0.3, -0.25) is 0 Å². The molecule has 0 radical (unpaired) electrons. The largest absolute Gasteiger partial charge is 0.310 e. The van der Waals surface area contributed by atoms with Crippen molar-refractivity contribution >= 4 is 17.1 Å². The van der Waals surface area contributed by atoms with Crippen LogP contribution in [0.2, 0.25) is 0 Å².